The summed E-state index contributed by atoms with van der Waals surface area (Å²) in [4.78, 5) is 48.7. The number of amides is 4. The van der Waals surface area contributed by atoms with Crippen LogP contribution in [0.3, 0.4) is 0 Å². The van der Waals surface area contributed by atoms with Gasteiger partial charge in [-0.15, -0.1) is 0 Å². The van der Waals surface area contributed by atoms with E-state index in [1.165, 1.54) is 13.8 Å². The fourth-order valence-electron chi connectivity index (χ4n) is 2.39. The maximum Gasteiger partial charge on any atom is 0.327 e. The molecule has 0 saturated carbocycles. The minimum absolute atomic E-state index is 0.329. The van der Waals surface area contributed by atoms with Crippen molar-refractivity contribution in [3.63, 3.8) is 0 Å². The molecule has 1 aromatic rings. The van der Waals surface area contributed by atoms with E-state index in [0.29, 0.717) is 11.3 Å². The second-order valence-corrected chi connectivity index (χ2v) is 6.23. The topological polar surface area (TPSA) is 105 Å². The van der Waals surface area contributed by atoms with Gasteiger partial charge in [0.2, 0.25) is 0 Å². The molecule has 1 fully saturated rings. The molecule has 0 aliphatic carbocycles. The van der Waals surface area contributed by atoms with Crippen molar-refractivity contribution in [2.45, 2.75) is 38.8 Å². The maximum absolute atomic E-state index is 13.5. The molecule has 146 valence electrons. The van der Waals surface area contributed by atoms with Crippen LogP contribution in [0, 0.1) is 11.6 Å². The van der Waals surface area contributed by atoms with E-state index in [-0.39, 0.29) is 0 Å². The Balaban J connectivity index is 1.96. The number of carbonyl (C=O) groups excluding carboxylic acids is 4. The standard InChI is InChI=1S/C17H19F2N3O5/c1-4-17(3)15(25)22(16(26)21-17)8-12(23)27-9(2)14(24)20-13-10(18)6-5-7-11(13)19/h5-7,9H,4,8H2,1-3H3,(H,20,24)(H,21,26)/t9-,17-/m0/s1. The van der Waals surface area contributed by atoms with Crippen LogP contribution >= 0.6 is 0 Å². The summed E-state index contributed by atoms with van der Waals surface area (Å²) < 4.78 is 32.0. The zero-order valence-electron chi connectivity index (χ0n) is 15.0. The highest BCUT2D eigenvalue weighted by Crippen LogP contribution is 2.21. The average Bonchev–Trinajstić information content (AvgIpc) is 2.81. The van der Waals surface area contributed by atoms with Gasteiger partial charge in [0.1, 0.15) is 29.4 Å². The predicted octanol–water partition coefficient (Wildman–Crippen LogP) is 1.56. The van der Waals surface area contributed by atoms with Gasteiger partial charge in [0, 0.05) is 0 Å². The molecular weight excluding hydrogens is 364 g/mol. The number of imide groups is 1. The fraction of sp³-hybridized carbons (Fsp3) is 0.412. The first-order valence-electron chi connectivity index (χ1n) is 8.17. The third-order valence-electron chi connectivity index (χ3n) is 4.23. The second-order valence-electron chi connectivity index (χ2n) is 6.23. The summed E-state index contributed by atoms with van der Waals surface area (Å²) >= 11 is 0. The Bertz CT molecular complexity index is 781. The molecule has 1 aliphatic heterocycles. The normalized spacial score (nSPS) is 20.3. The van der Waals surface area contributed by atoms with Crippen molar-refractivity contribution < 1.29 is 32.7 Å². The summed E-state index contributed by atoms with van der Waals surface area (Å²) in [6, 6.07) is 2.30. The Labute approximate surface area is 153 Å². The van der Waals surface area contributed by atoms with Crippen LogP contribution in [0.15, 0.2) is 18.2 Å². The van der Waals surface area contributed by atoms with Gasteiger partial charge >= 0.3 is 12.0 Å². The number of carbonyl (C=O) groups is 4. The van der Waals surface area contributed by atoms with Gasteiger partial charge in [0.05, 0.1) is 0 Å². The highest BCUT2D eigenvalue weighted by molar-refractivity contribution is 6.08. The predicted molar refractivity (Wildman–Crippen MR) is 89.5 cm³/mol. The third kappa shape index (κ3) is 4.21. The van der Waals surface area contributed by atoms with Gasteiger partial charge in [0.15, 0.2) is 6.10 Å². The Morgan fingerprint density at radius 2 is 1.89 bits per heavy atom. The van der Waals surface area contributed by atoms with Crippen molar-refractivity contribution in [2.24, 2.45) is 0 Å². The molecule has 0 radical (unpaired) electrons. The number of rotatable bonds is 6. The molecule has 1 aliphatic rings. The Morgan fingerprint density at radius 1 is 1.30 bits per heavy atom. The molecule has 0 spiro atoms. The molecule has 2 rings (SSSR count). The quantitative estimate of drug-likeness (QED) is 0.573. The van der Waals surface area contributed by atoms with Crippen LogP contribution in [0.25, 0.3) is 0 Å². The second kappa shape index (κ2) is 7.68. The highest BCUT2D eigenvalue weighted by Gasteiger charge is 2.47. The van der Waals surface area contributed by atoms with Crippen LogP contribution in [0.5, 0.6) is 0 Å². The van der Waals surface area contributed by atoms with E-state index in [9.17, 15) is 28.0 Å². The summed E-state index contributed by atoms with van der Waals surface area (Å²) in [5, 5.41) is 4.46. The Morgan fingerprint density at radius 3 is 2.41 bits per heavy atom. The maximum atomic E-state index is 13.5. The number of esters is 1. The number of nitrogens with zero attached hydrogens (tertiary/aromatic N) is 1. The van der Waals surface area contributed by atoms with Crippen molar-refractivity contribution >= 4 is 29.5 Å². The van der Waals surface area contributed by atoms with Crippen LogP contribution in [0.4, 0.5) is 19.3 Å². The molecule has 2 N–H and O–H groups in total. The SMILES string of the molecule is CC[C@]1(C)NC(=O)N(CC(=O)O[C@@H](C)C(=O)Nc2c(F)cccc2F)C1=O. The van der Waals surface area contributed by atoms with Crippen molar-refractivity contribution in [1.82, 2.24) is 10.2 Å². The van der Waals surface area contributed by atoms with E-state index in [0.717, 1.165) is 18.2 Å². The van der Waals surface area contributed by atoms with E-state index >= 15 is 0 Å². The zero-order chi connectivity index (χ0) is 20.4. The number of nitrogens with one attached hydrogen (secondary N) is 2. The van der Waals surface area contributed by atoms with Crippen molar-refractivity contribution in [2.75, 3.05) is 11.9 Å². The first-order chi connectivity index (χ1) is 12.6. The molecule has 1 heterocycles. The van der Waals surface area contributed by atoms with Gasteiger partial charge in [-0.2, -0.15) is 0 Å². The molecule has 1 saturated heterocycles. The molecule has 8 nitrogen and oxygen atoms in total. The van der Waals surface area contributed by atoms with Crippen molar-refractivity contribution in [1.29, 1.82) is 0 Å². The van der Waals surface area contributed by atoms with E-state index in [2.05, 4.69) is 5.32 Å². The first kappa shape index (κ1) is 20.3. The van der Waals surface area contributed by atoms with Crippen LogP contribution < -0.4 is 10.6 Å². The van der Waals surface area contributed by atoms with Gasteiger partial charge < -0.3 is 15.4 Å². The van der Waals surface area contributed by atoms with E-state index in [1.54, 1.807) is 6.92 Å². The first-order valence-corrected chi connectivity index (χ1v) is 8.17. The Kier molecular flexibility index (Phi) is 5.77. The third-order valence-corrected chi connectivity index (χ3v) is 4.23. The number of hydrogen-bond acceptors (Lipinski definition) is 5. The van der Waals surface area contributed by atoms with Crippen LogP contribution in [-0.2, 0) is 19.1 Å². The smallest absolute Gasteiger partial charge is 0.327 e. The number of hydrogen-bond donors (Lipinski definition) is 2. The lowest BCUT2D eigenvalue weighted by atomic mass is 9.99. The summed E-state index contributed by atoms with van der Waals surface area (Å²) in [5.74, 6) is -4.55. The summed E-state index contributed by atoms with van der Waals surface area (Å²) in [5.41, 5.74) is -1.78. The minimum Gasteiger partial charge on any atom is -0.451 e. The lowest BCUT2D eigenvalue weighted by molar-refractivity contribution is -0.155. The molecular formula is C17H19F2N3O5. The molecule has 2 atom stereocenters. The summed E-state index contributed by atoms with van der Waals surface area (Å²) in [6.45, 7) is 3.73. The number of anilines is 1. The average molecular weight is 383 g/mol. The van der Waals surface area contributed by atoms with Gasteiger partial charge in [-0.05, 0) is 32.4 Å². The van der Waals surface area contributed by atoms with Gasteiger partial charge in [-0.25, -0.2) is 13.6 Å². The van der Waals surface area contributed by atoms with Gasteiger partial charge in [0.25, 0.3) is 11.8 Å². The fourth-order valence-corrected chi connectivity index (χ4v) is 2.39. The molecule has 0 bridgehead atoms. The van der Waals surface area contributed by atoms with Crippen LogP contribution in [0.2, 0.25) is 0 Å². The lowest BCUT2D eigenvalue weighted by Crippen LogP contribution is -2.44. The largest absolute Gasteiger partial charge is 0.451 e. The Hall–Kier alpha value is -3.04. The number of ether oxygens (including phenoxy) is 1. The van der Waals surface area contributed by atoms with Gasteiger partial charge in [-0.3, -0.25) is 19.3 Å². The lowest BCUT2D eigenvalue weighted by Gasteiger charge is -2.19. The van der Waals surface area contributed by atoms with Crippen LogP contribution in [-0.4, -0.2) is 46.9 Å². The van der Waals surface area contributed by atoms with Crippen LogP contribution in [0.1, 0.15) is 27.2 Å². The minimum atomic E-state index is -1.41. The number of para-hydroxylation sites is 1. The van der Waals surface area contributed by atoms with Crippen molar-refractivity contribution in [3.05, 3.63) is 29.8 Å². The number of halogens is 2. The molecule has 4 amide bonds. The summed E-state index contributed by atoms with van der Waals surface area (Å²) in [6.07, 6.45) is -1.08. The van der Waals surface area contributed by atoms with Gasteiger partial charge in [-0.1, -0.05) is 13.0 Å². The van der Waals surface area contributed by atoms with E-state index < -0.39 is 59.3 Å². The summed E-state index contributed by atoms with van der Waals surface area (Å²) in [7, 11) is 0. The van der Waals surface area contributed by atoms with Crippen molar-refractivity contribution in [3.8, 4) is 0 Å². The molecule has 0 unspecified atom stereocenters. The zero-order valence-corrected chi connectivity index (χ0v) is 15.0. The van der Waals surface area contributed by atoms with E-state index in [1.807, 2.05) is 5.32 Å². The number of urea groups is 1. The van der Waals surface area contributed by atoms with E-state index in [4.69, 9.17) is 4.74 Å². The number of benzene rings is 1. The molecule has 1 aromatic carbocycles. The molecule has 27 heavy (non-hydrogen) atoms. The molecule has 0 aromatic heterocycles. The monoisotopic (exact) mass is 383 g/mol. The molecule has 10 heteroatoms. The highest BCUT2D eigenvalue weighted by atomic mass is 19.1.